The molecule has 2 amide bonds. The van der Waals surface area contributed by atoms with E-state index in [9.17, 15) is 4.79 Å². The SMILES string of the molecule is CNC(=O)NCc1ccc(C)c(C)c1. The van der Waals surface area contributed by atoms with Gasteiger partial charge in [0, 0.05) is 13.6 Å². The van der Waals surface area contributed by atoms with Gasteiger partial charge in [-0.3, -0.25) is 0 Å². The molecule has 0 heterocycles. The molecule has 0 spiro atoms. The van der Waals surface area contributed by atoms with Crippen LogP contribution < -0.4 is 10.6 Å². The van der Waals surface area contributed by atoms with E-state index >= 15 is 0 Å². The monoisotopic (exact) mass is 192 g/mol. The van der Waals surface area contributed by atoms with E-state index < -0.39 is 0 Å². The predicted octanol–water partition coefficient (Wildman–Crippen LogP) is 1.73. The molecule has 1 aromatic rings. The fraction of sp³-hybridized carbons (Fsp3) is 0.364. The fourth-order valence-electron chi connectivity index (χ4n) is 1.18. The molecule has 1 rings (SSSR count). The summed E-state index contributed by atoms with van der Waals surface area (Å²) in [4.78, 5) is 10.9. The van der Waals surface area contributed by atoms with Crippen molar-refractivity contribution in [3.63, 3.8) is 0 Å². The maximum Gasteiger partial charge on any atom is 0.314 e. The number of aryl methyl sites for hydroxylation is 2. The number of hydrogen-bond acceptors (Lipinski definition) is 1. The molecule has 0 unspecified atom stereocenters. The third kappa shape index (κ3) is 2.76. The van der Waals surface area contributed by atoms with E-state index in [1.807, 2.05) is 6.07 Å². The van der Waals surface area contributed by atoms with Crippen molar-refractivity contribution in [2.45, 2.75) is 20.4 Å². The van der Waals surface area contributed by atoms with E-state index in [1.165, 1.54) is 11.1 Å². The van der Waals surface area contributed by atoms with Crippen molar-refractivity contribution in [1.29, 1.82) is 0 Å². The van der Waals surface area contributed by atoms with Crippen LogP contribution in [0.1, 0.15) is 16.7 Å². The molecule has 0 bridgehead atoms. The minimum atomic E-state index is -0.150. The van der Waals surface area contributed by atoms with Crippen LogP contribution >= 0.6 is 0 Å². The zero-order chi connectivity index (χ0) is 10.6. The Morgan fingerprint density at radius 1 is 1.29 bits per heavy atom. The molecule has 76 valence electrons. The second-order valence-corrected chi connectivity index (χ2v) is 3.35. The summed E-state index contributed by atoms with van der Waals surface area (Å²) in [6.07, 6.45) is 0. The second kappa shape index (κ2) is 4.65. The lowest BCUT2D eigenvalue weighted by Gasteiger charge is -2.06. The Labute approximate surface area is 84.5 Å². The lowest BCUT2D eigenvalue weighted by Crippen LogP contribution is -2.32. The fourth-order valence-corrected chi connectivity index (χ4v) is 1.18. The van der Waals surface area contributed by atoms with Gasteiger partial charge in [-0.1, -0.05) is 18.2 Å². The quantitative estimate of drug-likeness (QED) is 0.736. The average molecular weight is 192 g/mol. The molecule has 0 atom stereocenters. The Morgan fingerprint density at radius 3 is 2.57 bits per heavy atom. The predicted molar refractivity (Wildman–Crippen MR) is 57.2 cm³/mol. The first-order chi connectivity index (χ1) is 6.63. The zero-order valence-electron chi connectivity index (χ0n) is 8.85. The van der Waals surface area contributed by atoms with Gasteiger partial charge in [0.05, 0.1) is 0 Å². The van der Waals surface area contributed by atoms with Crippen LogP contribution in [0, 0.1) is 13.8 Å². The van der Waals surface area contributed by atoms with Crippen LogP contribution in [0.3, 0.4) is 0 Å². The topological polar surface area (TPSA) is 41.1 Å². The Balaban J connectivity index is 2.60. The first-order valence-electron chi connectivity index (χ1n) is 4.65. The lowest BCUT2D eigenvalue weighted by atomic mass is 10.1. The Bertz CT molecular complexity index is 334. The van der Waals surface area contributed by atoms with E-state index in [0.29, 0.717) is 6.54 Å². The first kappa shape index (κ1) is 10.6. The van der Waals surface area contributed by atoms with E-state index in [2.05, 4.69) is 36.6 Å². The Hall–Kier alpha value is -1.51. The van der Waals surface area contributed by atoms with Gasteiger partial charge in [0.15, 0.2) is 0 Å². The average Bonchev–Trinajstić information content (AvgIpc) is 2.19. The van der Waals surface area contributed by atoms with Gasteiger partial charge in [-0.25, -0.2) is 4.79 Å². The second-order valence-electron chi connectivity index (χ2n) is 3.35. The number of carbonyl (C=O) groups is 1. The normalized spacial score (nSPS) is 9.64. The summed E-state index contributed by atoms with van der Waals surface area (Å²) in [6.45, 7) is 4.71. The molecule has 0 radical (unpaired) electrons. The summed E-state index contributed by atoms with van der Waals surface area (Å²) in [5.41, 5.74) is 3.64. The number of carbonyl (C=O) groups excluding carboxylic acids is 1. The molecule has 0 saturated heterocycles. The summed E-state index contributed by atoms with van der Waals surface area (Å²) < 4.78 is 0. The number of nitrogens with one attached hydrogen (secondary N) is 2. The van der Waals surface area contributed by atoms with Crippen LogP contribution in [-0.4, -0.2) is 13.1 Å². The maximum absolute atomic E-state index is 10.9. The van der Waals surface area contributed by atoms with Gasteiger partial charge < -0.3 is 10.6 Å². The summed E-state index contributed by atoms with van der Waals surface area (Å²) in [5, 5.41) is 5.26. The molecule has 3 nitrogen and oxygen atoms in total. The van der Waals surface area contributed by atoms with Crippen LogP contribution in [0.2, 0.25) is 0 Å². The molecule has 0 aliphatic heterocycles. The van der Waals surface area contributed by atoms with Crippen LogP contribution in [0.4, 0.5) is 4.79 Å². The van der Waals surface area contributed by atoms with Crippen LogP contribution in [0.5, 0.6) is 0 Å². The summed E-state index contributed by atoms with van der Waals surface area (Å²) in [6, 6.07) is 6.03. The summed E-state index contributed by atoms with van der Waals surface area (Å²) >= 11 is 0. The molecule has 14 heavy (non-hydrogen) atoms. The highest BCUT2D eigenvalue weighted by atomic mass is 16.2. The molecule has 0 aliphatic rings. The largest absolute Gasteiger partial charge is 0.341 e. The number of urea groups is 1. The molecule has 0 saturated carbocycles. The molecule has 1 aromatic carbocycles. The third-order valence-electron chi connectivity index (χ3n) is 2.25. The van der Waals surface area contributed by atoms with Crippen molar-refractivity contribution >= 4 is 6.03 Å². The number of rotatable bonds is 2. The van der Waals surface area contributed by atoms with Crippen molar-refractivity contribution < 1.29 is 4.79 Å². The van der Waals surface area contributed by atoms with Crippen molar-refractivity contribution in [1.82, 2.24) is 10.6 Å². The van der Waals surface area contributed by atoms with Gasteiger partial charge in [-0.05, 0) is 30.5 Å². The Morgan fingerprint density at radius 2 is 2.00 bits per heavy atom. The molecular weight excluding hydrogens is 176 g/mol. The molecular formula is C11H16N2O. The van der Waals surface area contributed by atoms with E-state index in [-0.39, 0.29) is 6.03 Å². The van der Waals surface area contributed by atoms with Gasteiger partial charge >= 0.3 is 6.03 Å². The molecule has 0 aromatic heterocycles. The highest BCUT2D eigenvalue weighted by molar-refractivity contribution is 5.73. The van der Waals surface area contributed by atoms with Gasteiger partial charge in [0.1, 0.15) is 0 Å². The van der Waals surface area contributed by atoms with Crippen LogP contribution in [0.15, 0.2) is 18.2 Å². The smallest absolute Gasteiger partial charge is 0.314 e. The van der Waals surface area contributed by atoms with E-state index in [0.717, 1.165) is 5.56 Å². The summed E-state index contributed by atoms with van der Waals surface area (Å²) in [5.74, 6) is 0. The molecule has 0 aliphatic carbocycles. The van der Waals surface area contributed by atoms with Crippen molar-refractivity contribution in [3.8, 4) is 0 Å². The number of benzene rings is 1. The van der Waals surface area contributed by atoms with Crippen LogP contribution in [0.25, 0.3) is 0 Å². The van der Waals surface area contributed by atoms with Gasteiger partial charge in [0.2, 0.25) is 0 Å². The number of amides is 2. The van der Waals surface area contributed by atoms with Crippen LogP contribution in [-0.2, 0) is 6.54 Å². The van der Waals surface area contributed by atoms with Crippen molar-refractivity contribution in [2.75, 3.05) is 7.05 Å². The lowest BCUT2D eigenvalue weighted by molar-refractivity contribution is 0.242. The van der Waals surface area contributed by atoms with Gasteiger partial charge in [-0.15, -0.1) is 0 Å². The highest BCUT2D eigenvalue weighted by Gasteiger charge is 1.98. The van der Waals surface area contributed by atoms with Gasteiger partial charge in [0.25, 0.3) is 0 Å². The molecule has 0 fully saturated rings. The maximum atomic E-state index is 10.9. The highest BCUT2D eigenvalue weighted by Crippen LogP contribution is 2.09. The zero-order valence-corrected chi connectivity index (χ0v) is 8.85. The molecule has 2 N–H and O–H groups in total. The van der Waals surface area contributed by atoms with E-state index in [1.54, 1.807) is 7.05 Å². The summed E-state index contributed by atoms with van der Waals surface area (Å²) in [7, 11) is 1.61. The first-order valence-corrected chi connectivity index (χ1v) is 4.65. The van der Waals surface area contributed by atoms with Crippen molar-refractivity contribution in [3.05, 3.63) is 34.9 Å². The minimum Gasteiger partial charge on any atom is -0.341 e. The van der Waals surface area contributed by atoms with E-state index in [4.69, 9.17) is 0 Å². The standard InChI is InChI=1S/C11H16N2O/c1-8-4-5-10(6-9(8)2)7-13-11(14)12-3/h4-6H,7H2,1-3H3,(H2,12,13,14). The van der Waals surface area contributed by atoms with Crippen molar-refractivity contribution in [2.24, 2.45) is 0 Å². The third-order valence-corrected chi connectivity index (χ3v) is 2.25. The molecule has 3 heteroatoms. The van der Waals surface area contributed by atoms with Gasteiger partial charge in [-0.2, -0.15) is 0 Å². The Kier molecular flexibility index (Phi) is 3.51. The number of hydrogen-bond donors (Lipinski definition) is 2. The minimum absolute atomic E-state index is 0.150.